The number of methoxy groups -OCH3 is 2. The highest BCUT2D eigenvalue weighted by Gasteiger charge is 2.49. The smallest absolute Gasteiger partial charge is 0.316 e. The van der Waals surface area contributed by atoms with Gasteiger partial charge in [-0.2, -0.15) is 0 Å². The minimum atomic E-state index is -1.36. The van der Waals surface area contributed by atoms with E-state index in [9.17, 15) is 19.2 Å². The Morgan fingerprint density at radius 3 is 2.38 bits per heavy atom. The molecule has 40 heavy (non-hydrogen) atoms. The SMILES string of the molecule is CCN1CCC(C(=O)OC)(c2ccc(C#C[C@]3(CN4Cc5ccc(OC)cc5C4=O)CC(=O)NC3=O)cc2)CC1. The number of carbonyl (C=O) groups excluding carboxylic acids is 4. The quantitative estimate of drug-likeness (QED) is 0.339. The minimum Gasteiger partial charge on any atom is -0.497 e. The van der Waals surface area contributed by atoms with Gasteiger partial charge in [-0.25, -0.2) is 0 Å². The van der Waals surface area contributed by atoms with Gasteiger partial charge in [-0.3, -0.25) is 24.5 Å². The Morgan fingerprint density at radius 2 is 1.77 bits per heavy atom. The van der Waals surface area contributed by atoms with Crippen LogP contribution < -0.4 is 10.1 Å². The van der Waals surface area contributed by atoms with Gasteiger partial charge in [0.1, 0.15) is 11.2 Å². The number of piperidine rings is 1. The summed E-state index contributed by atoms with van der Waals surface area (Å²) in [7, 11) is 2.96. The first-order valence-electron chi connectivity index (χ1n) is 13.5. The van der Waals surface area contributed by atoms with Gasteiger partial charge in [0, 0.05) is 24.2 Å². The van der Waals surface area contributed by atoms with Crippen LogP contribution in [-0.4, -0.2) is 73.9 Å². The van der Waals surface area contributed by atoms with Crippen molar-refractivity contribution in [1.29, 1.82) is 0 Å². The van der Waals surface area contributed by atoms with Gasteiger partial charge >= 0.3 is 5.97 Å². The molecule has 5 rings (SSSR count). The third kappa shape index (κ3) is 4.84. The average Bonchev–Trinajstić information content (AvgIpc) is 3.44. The highest BCUT2D eigenvalue weighted by Crippen LogP contribution is 2.37. The Balaban J connectivity index is 1.39. The number of nitrogens with zero attached hydrogens (tertiary/aromatic N) is 2. The van der Waals surface area contributed by atoms with E-state index in [1.165, 1.54) is 14.2 Å². The van der Waals surface area contributed by atoms with Gasteiger partial charge < -0.3 is 19.3 Å². The van der Waals surface area contributed by atoms with Crippen molar-refractivity contribution in [3.05, 3.63) is 64.7 Å². The number of benzene rings is 2. The van der Waals surface area contributed by atoms with Crippen molar-refractivity contribution in [2.75, 3.05) is 40.4 Å². The summed E-state index contributed by atoms with van der Waals surface area (Å²) in [5, 5.41) is 2.36. The van der Waals surface area contributed by atoms with Crippen molar-refractivity contribution in [2.24, 2.45) is 5.41 Å². The van der Waals surface area contributed by atoms with E-state index < -0.39 is 22.6 Å². The molecule has 1 atom stereocenters. The largest absolute Gasteiger partial charge is 0.497 e. The molecule has 0 bridgehead atoms. The summed E-state index contributed by atoms with van der Waals surface area (Å²) in [6.07, 6.45) is 1.21. The molecule has 9 heteroatoms. The summed E-state index contributed by atoms with van der Waals surface area (Å²) in [5.41, 5.74) is 0.796. The lowest BCUT2D eigenvalue weighted by Crippen LogP contribution is -2.47. The fraction of sp³-hybridized carbons (Fsp3) is 0.419. The zero-order valence-corrected chi connectivity index (χ0v) is 23.0. The second-order valence-corrected chi connectivity index (χ2v) is 10.7. The molecular weight excluding hydrogens is 510 g/mol. The molecule has 0 aliphatic carbocycles. The number of nitrogens with one attached hydrogen (secondary N) is 1. The normalized spacial score (nSPS) is 21.9. The zero-order chi connectivity index (χ0) is 28.5. The van der Waals surface area contributed by atoms with Crippen LogP contribution in [0.5, 0.6) is 5.75 Å². The summed E-state index contributed by atoms with van der Waals surface area (Å²) < 4.78 is 10.5. The molecular formula is C31H33N3O6. The fourth-order valence-corrected chi connectivity index (χ4v) is 5.96. The van der Waals surface area contributed by atoms with Crippen molar-refractivity contribution in [3.8, 4) is 17.6 Å². The number of likely N-dealkylation sites (tertiary alicyclic amines) is 1. The molecule has 9 nitrogen and oxygen atoms in total. The van der Waals surface area contributed by atoms with Gasteiger partial charge in [-0.15, -0.1) is 0 Å². The van der Waals surface area contributed by atoms with Crippen LogP contribution in [0.4, 0.5) is 0 Å². The minimum absolute atomic E-state index is 0.00906. The summed E-state index contributed by atoms with van der Waals surface area (Å²) in [6.45, 7) is 4.98. The van der Waals surface area contributed by atoms with Gasteiger partial charge in [0.25, 0.3) is 5.91 Å². The maximum atomic E-state index is 13.2. The summed E-state index contributed by atoms with van der Waals surface area (Å²) in [5.74, 6) is 5.29. The molecule has 3 heterocycles. The van der Waals surface area contributed by atoms with E-state index in [0.29, 0.717) is 36.3 Å². The first-order chi connectivity index (χ1) is 19.2. The van der Waals surface area contributed by atoms with Crippen LogP contribution in [-0.2, 0) is 31.1 Å². The molecule has 3 amide bonds. The fourth-order valence-electron chi connectivity index (χ4n) is 5.96. The molecule has 0 saturated carbocycles. The number of esters is 1. The molecule has 3 aliphatic rings. The van der Waals surface area contributed by atoms with E-state index >= 15 is 0 Å². The molecule has 2 fully saturated rings. The molecule has 208 valence electrons. The van der Waals surface area contributed by atoms with Crippen molar-refractivity contribution >= 4 is 23.7 Å². The van der Waals surface area contributed by atoms with Gasteiger partial charge in [-0.05, 0) is 67.9 Å². The number of fused-ring (bicyclic) bond motifs is 1. The van der Waals surface area contributed by atoms with Crippen molar-refractivity contribution in [1.82, 2.24) is 15.1 Å². The van der Waals surface area contributed by atoms with Crippen LogP contribution in [0.1, 0.15) is 53.2 Å². The lowest BCUT2D eigenvalue weighted by atomic mass is 9.72. The lowest BCUT2D eigenvalue weighted by Gasteiger charge is -2.39. The first-order valence-corrected chi connectivity index (χ1v) is 13.5. The van der Waals surface area contributed by atoms with Gasteiger partial charge in [0.15, 0.2) is 0 Å². The third-order valence-electron chi connectivity index (χ3n) is 8.42. The number of imide groups is 1. The molecule has 0 unspecified atom stereocenters. The van der Waals surface area contributed by atoms with Crippen LogP contribution in [0.2, 0.25) is 0 Å². The number of rotatable bonds is 6. The number of ether oxygens (including phenoxy) is 2. The van der Waals surface area contributed by atoms with Crippen LogP contribution in [0.15, 0.2) is 42.5 Å². The van der Waals surface area contributed by atoms with E-state index in [1.807, 2.05) is 30.3 Å². The summed E-state index contributed by atoms with van der Waals surface area (Å²) >= 11 is 0. The molecule has 3 aliphatic heterocycles. The third-order valence-corrected chi connectivity index (χ3v) is 8.42. The van der Waals surface area contributed by atoms with Crippen LogP contribution in [0, 0.1) is 17.3 Å². The van der Waals surface area contributed by atoms with Gasteiger partial charge in [-0.1, -0.05) is 37.0 Å². The number of hydrogen-bond donors (Lipinski definition) is 1. The monoisotopic (exact) mass is 543 g/mol. The van der Waals surface area contributed by atoms with E-state index in [0.717, 1.165) is 30.8 Å². The average molecular weight is 544 g/mol. The number of carbonyl (C=O) groups is 4. The number of amides is 3. The van der Waals surface area contributed by atoms with Gasteiger partial charge in [0.2, 0.25) is 11.8 Å². The lowest BCUT2D eigenvalue weighted by molar-refractivity contribution is -0.149. The summed E-state index contributed by atoms with van der Waals surface area (Å²) in [6, 6.07) is 12.7. The molecule has 0 aromatic heterocycles. The zero-order valence-electron chi connectivity index (χ0n) is 23.0. The molecule has 2 aromatic carbocycles. The molecule has 2 saturated heterocycles. The molecule has 2 aromatic rings. The topological polar surface area (TPSA) is 105 Å². The van der Waals surface area contributed by atoms with E-state index in [2.05, 4.69) is 29.0 Å². The Labute approximate surface area is 233 Å². The molecule has 0 radical (unpaired) electrons. The highest BCUT2D eigenvalue weighted by molar-refractivity contribution is 6.08. The highest BCUT2D eigenvalue weighted by atomic mass is 16.5. The predicted octanol–water partition coefficient (Wildman–Crippen LogP) is 2.26. The van der Waals surface area contributed by atoms with Gasteiger partial charge in [0.05, 0.1) is 26.1 Å². The van der Waals surface area contributed by atoms with E-state index in [-0.39, 0.29) is 24.8 Å². The van der Waals surface area contributed by atoms with E-state index in [1.54, 1.807) is 17.0 Å². The maximum absolute atomic E-state index is 13.2. The molecule has 0 spiro atoms. The Bertz CT molecular complexity index is 1410. The van der Waals surface area contributed by atoms with Crippen LogP contribution in [0.3, 0.4) is 0 Å². The Hall–Kier alpha value is -4.16. The standard InChI is InChI=1S/C31H33N3O6/c1-4-33-15-13-31(14-16-33,29(38)40-3)23-8-5-21(6-9-23)11-12-30(18-26(35)32-28(30)37)20-34-19-22-7-10-24(39-2)17-25(22)27(34)36/h5-10,17H,4,13-16,18-20H2,1-3H3,(H,32,35,37)/t30-/m1/s1. The Kier molecular flexibility index (Phi) is 7.39. The summed E-state index contributed by atoms with van der Waals surface area (Å²) in [4.78, 5) is 55.2. The van der Waals surface area contributed by atoms with Crippen molar-refractivity contribution < 1.29 is 28.7 Å². The van der Waals surface area contributed by atoms with E-state index in [4.69, 9.17) is 9.47 Å². The Morgan fingerprint density at radius 1 is 1.05 bits per heavy atom. The van der Waals surface area contributed by atoms with Crippen LogP contribution in [0.25, 0.3) is 0 Å². The predicted molar refractivity (Wildman–Crippen MR) is 146 cm³/mol. The first kappa shape index (κ1) is 27.4. The van der Waals surface area contributed by atoms with Crippen molar-refractivity contribution in [2.45, 2.75) is 38.1 Å². The van der Waals surface area contributed by atoms with Crippen molar-refractivity contribution in [3.63, 3.8) is 0 Å². The second kappa shape index (κ2) is 10.8. The maximum Gasteiger partial charge on any atom is 0.316 e. The molecule has 1 N–H and O–H groups in total. The number of hydrogen-bond acceptors (Lipinski definition) is 7. The van der Waals surface area contributed by atoms with Crippen LogP contribution >= 0.6 is 0 Å². The second-order valence-electron chi connectivity index (χ2n) is 10.7.